The summed E-state index contributed by atoms with van der Waals surface area (Å²) in [7, 11) is 1.64. The average Bonchev–Trinajstić information content (AvgIpc) is 3.14. The van der Waals surface area contributed by atoms with E-state index in [1.807, 2.05) is 12.1 Å². The van der Waals surface area contributed by atoms with Crippen molar-refractivity contribution in [3.05, 3.63) is 93.8 Å². The van der Waals surface area contributed by atoms with Crippen molar-refractivity contribution in [2.45, 2.75) is 62.2 Å². The number of benzene rings is 1. The maximum Gasteiger partial charge on any atom is 0.408 e. The third-order valence-corrected chi connectivity index (χ3v) is 8.52. The van der Waals surface area contributed by atoms with E-state index in [2.05, 4.69) is 15.3 Å². The van der Waals surface area contributed by atoms with Gasteiger partial charge in [-0.1, -0.05) is 24.6 Å². The van der Waals surface area contributed by atoms with Crippen LogP contribution in [0.2, 0.25) is 0 Å². The SMILES string of the molecule is CN[C@H]1C(n2c(=O)[nH]c3ncccc32)CC(C2CCCCc3cccnc32)N(C(=O)O)[C@H]1c1cccc(F)c1F. The van der Waals surface area contributed by atoms with E-state index < -0.39 is 47.6 Å². The lowest BCUT2D eigenvalue weighted by Gasteiger charge is -2.51. The normalized spacial score (nSPS) is 25.0. The number of aromatic nitrogens is 4. The highest BCUT2D eigenvalue weighted by atomic mass is 19.2. The van der Waals surface area contributed by atoms with Crippen LogP contribution in [0, 0.1) is 11.6 Å². The zero-order valence-corrected chi connectivity index (χ0v) is 21.9. The van der Waals surface area contributed by atoms with Gasteiger partial charge >= 0.3 is 11.8 Å². The molecule has 3 aromatic heterocycles. The molecule has 11 heteroatoms. The minimum absolute atomic E-state index is 0.0858. The number of nitrogens with one attached hydrogen (secondary N) is 2. The van der Waals surface area contributed by atoms with Crippen LogP contribution < -0.4 is 11.0 Å². The van der Waals surface area contributed by atoms with Gasteiger partial charge in [-0.25, -0.2) is 23.4 Å². The van der Waals surface area contributed by atoms with Crippen LogP contribution in [-0.4, -0.2) is 54.8 Å². The molecule has 1 aliphatic carbocycles. The molecule has 0 saturated carbocycles. The number of hydrogen-bond donors (Lipinski definition) is 3. The number of aromatic amines is 1. The fourth-order valence-electron chi connectivity index (χ4n) is 6.90. The molecule has 1 saturated heterocycles. The number of imidazole rings is 1. The number of rotatable bonds is 4. The summed E-state index contributed by atoms with van der Waals surface area (Å²) < 4.78 is 31.7. The molecule has 208 valence electrons. The number of piperidine rings is 1. The van der Waals surface area contributed by atoms with Crippen molar-refractivity contribution in [3.8, 4) is 0 Å². The van der Waals surface area contributed by atoms with Crippen LogP contribution >= 0.6 is 0 Å². The maximum absolute atomic E-state index is 15.5. The third-order valence-electron chi connectivity index (χ3n) is 8.52. The van der Waals surface area contributed by atoms with Gasteiger partial charge in [-0.15, -0.1) is 0 Å². The topological polar surface area (TPSA) is 116 Å². The Morgan fingerprint density at radius 3 is 2.67 bits per heavy atom. The number of nitrogens with zero attached hydrogens (tertiary/aromatic N) is 4. The largest absolute Gasteiger partial charge is 0.465 e. The van der Waals surface area contributed by atoms with E-state index in [1.54, 1.807) is 36.1 Å². The minimum Gasteiger partial charge on any atom is -0.465 e. The molecule has 40 heavy (non-hydrogen) atoms. The molecule has 4 aromatic rings. The van der Waals surface area contributed by atoms with Crippen molar-refractivity contribution in [1.29, 1.82) is 0 Å². The number of hydrogen-bond acceptors (Lipinski definition) is 5. The monoisotopic (exact) mass is 548 g/mol. The highest BCUT2D eigenvalue weighted by Crippen LogP contribution is 2.47. The second kappa shape index (κ2) is 10.5. The standard InChI is InChI=1S/C29H30F2N6O3/c1-32-25-22(36-20-12-6-14-34-27(20)35-28(36)38)15-21(17-9-3-2-7-16-8-5-13-33-24(16)17)37(29(39)40)26(25)18-10-4-11-19(30)23(18)31/h4-6,8,10-14,17,21-22,25-26,32H,2-3,7,9,15H2,1H3,(H,39,40)(H,34,35,38)/t17?,21?,22?,25-,26-/m0/s1. The number of likely N-dealkylation sites (N-methyl/N-ethyl adjacent to an activating group) is 1. The first-order valence-corrected chi connectivity index (χ1v) is 13.5. The molecule has 4 heterocycles. The Morgan fingerprint density at radius 2 is 1.88 bits per heavy atom. The summed E-state index contributed by atoms with van der Waals surface area (Å²) in [6, 6.07) is 8.01. The molecule has 6 rings (SSSR count). The van der Waals surface area contributed by atoms with E-state index in [0.717, 1.165) is 36.6 Å². The van der Waals surface area contributed by atoms with E-state index in [9.17, 15) is 19.1 Å². The van der Waals surface area contributed by atoms with Crippen molar-refractivity contribution in [1.82, 2.24) is 29.7 Å². The van der Waals surface area contributed by atoms with E-state index in [4.69, 9.17) is 4.98 Å². The molecule has 1 fully saturated rings. The van der Waals surface area contributed by atoms with Gasteiger partial charge in [0, 0.05) is 35.6 Å². The first kappa shape index (κ1) is 26.1. The van der Waals surface area contributed by atoms with Gasteiger partial charge in [-0.3, -0.25) is 19.4 Å². The Kier molecular flexibility index (Phi) is 6.83. The molecule has 9 nitrogen and oxygen atoms in total. The van der Waals surface area contributed by atoms with Crippen LogP contribution in [0.25, 0.3) is 11.2 Å². The van der Waals surface area contributed by atoms with Crippen molar-refractivity contribution >= 4 is 17.3 Å². The second-order valence-electron chi connectivity index (χ2n) is 10.5. The Hall–Kier alpha value is -4.12. The number of likely N-dealkylation sites (tertiary alicyclic amines) is 1. The molecule has 5 atom stereocenters. The third kappa shape index (κ3) is 4.25. The number of amides is 1. The molecule has 0 radical (unpaired) electrons. The molecule has 1 aliphatic heterocycles. The summed E-state index contributed by atoms with van der Waals surface area (Å²) in [5.41, 5.74) is 2.35. The first-order valence-electron chi connectivity index (χ1n) is 13.5. The van der Waals surface area contributed by atoms with Crippen molar-refractivity contribution in [2.75, 3.05) is 7.05 Å². The molecule has 3 unspecified atom stereocenters. The van der Waals surface area contributed by atoms with Crippen molar-refractivity contribution < 1.29 is 18.7 Å². The second-order valence-corrected chi connectivity index (χ2v) is 10.5. The van der Waals surface area contributed by atoms with Gasteiger partial charge in [0.05, 0.1) is 23.6 Å². The summed E-state index contributed by atoms with van der Waals surface area (Å²) in [6.45, 7) is 0. The minimum atomic E-state index is -1.24. The molecule has 3 N–H and O–H groups in total. The summed E-state index contributed by atoms with van der Waals surface area (Å²) >= 11 is 0. The number of fused-ring (bicyclic) bond motifs is 2. The molecule has 0 spiro atoms. The van der Waals surface area contributed by atoms with Crippen molar-refractivity contribution in [3.63, 3.8) is 0 Å². The summed E-state index contributed by atoms with van der Waals surface area (Å²) in [6.07, 6.45) is 5.61. The Balaban J connectivity index is 1.60. The molecule has 0 bridgehead atoms. The summed E-state index contributed by atoms with van der Waals surface area (Å²) in [5, 5.41) is 13.8. The van der Waals surface area contributed by atoms with Gasteiger partial charge in [0.25, 0.3) is 0 Å². The zero-order valence-electron chi connectivity index (χ0n) is 21.9. The fraction of sp³-hybridized carbons (Fsp3) is 0.379. The van der Waals surface area contributed by atoms with Crippen LogP contribution in [0.4, 0.5) is 13.6 Å². The van der Waals surface area contributed by atoms with Gasteiger partial charge in [0.2, 0.25) is 0 Å². The highest BCUT2D eigenvalue weighted by molar-refractivity contribution is 5.71. The van der Waals surface area contributed by atoms with Crippen LogP contribution in [0.5, 0.6) is 0 Å². The smallest absolute Gasteiger partial charge is 0.408 e. The van der Waals surface area contributed by atoms with Gasteiger partial charge in [0.15, 0.2) is 17.3 Å². The zero-order chi connectivity index (χ0) is 28.0. The Labute approximate surface area is 228 Å². The Bertz CT molecular complexity index is 1620. The molecule has 1 aromatic carbocycles. The summed E-state index contributed by atoms with van der Waals surface area (Å²) in [4.78, 5) is 39.5. The van der Waals surface area contributed by atoms with Crippen molar-refractivity contribution in [2.24, 2.45) is 0 Å². The predicted molar refractivity (Wildman–Crippen MR) is 144 cm³/mol. The first-order chi connectivity index (χ1) is 19.4. The van der Waals surface area contributed by atoms with Gasteiger partial charge in [0.1, 0.15) is 0 Å². The van der Waals surface area contributed by atoms with Crippen LogP contribution in [0.1, 0.15) is 60.5 Å². The lowest BCUT2D eigenvalue weighted by molar-refractivity contribution is 0.0173. The van der Waals surface area contributed by atoms with Crippen LogP contribution in [0.15, 0.2) is 59.7 Å². The lowest BCUT2D eigenvalue weighted by atomic mass is 9.76. The number of aryl methyl sites for hydroxylation is 1. The van der Waals surface area contributed by atoms with E-state index in [-0.39, 0.29) is 17.9 Å². The number of pyridine rings is 2. The van der Waals surface area contributed by atoms with Gasteiger partial charge in [-0.2, -0.15) is 0 Å². The highest BCUT2D eigenvalue weighted by Gasteiger charge is 2.51. The average molecular weight is 549 g/mol. The predicted octanol–water partition coefficient (Wildman–Crippen LogP) is 4.53. The van der Waals surface area contributed by atoms with Gasteiger partial charge < -0.3 is 10.4 Å². The summed E-state index contributed by atoms with van der Waals surface area (Å²) in [5.74, 6) is -2.47. The van der Waals surface area contributed by atoms with E-state index in [1.165, 1.54) is 17.0 Å². The molecule has 2 aliphatic rings. The van der Waals surface area contributed by atoms with Gasteiger partial charge in [-0.05, 0) is 62.6 Å². The van der Waals surface area contributed by atoms with Crippen LogP contribution in [-0.2, 0) is 6.42 Å². The van der Waals surface area contributed by atoms with Crippen LogP contribution in [0.3, 0.4) is 0 Å². The maximum atomic E-state index is 15.5. The molecular formula is C29H30F2N6O3. The number of H-pyrrole nitrogens is 1. The van der Waals surface area contributed by atoms with E-state index >= 15 is 4.39 Å². The van der Waals surface area contributed by atoms with E-state index in [0.29, 0.717) is 17.6 Å². The quantitative estimate of drug-likeness (QED) is 0.323. The molecular weight excluding hydrogens is 518 g/mol. The number of carboxylic acid groups (broad SMARTS) is 1. The number of halogens is 2. The lowest BCUT2D eigenvalue weighted by Crippen LogP contribution is -2.60. The number of carbonyl (C=O) groups is 1. The molecule has 1 amide bonds. The fourth-order valence-corrected chi connectivity index (χ4v) is 6.90. The Morgan fingerprint density at radius 1 is 1.07 bits per heavy atom.